The minimum atomic E-state index is 0.141. The van der Waals surface area contributed by atoms with E-state index in [0.717, 1.165) is 43.2 Å². The number of piperazine rings is 1. The number of hydrogen-bond acceptors (Lipinski definition) is 7. The summed E-state index contributed by atoms with van der Waals surface area (Å²) in [5, 5.41) is 12.1. The van der Waals surface area contributed by atoms with Gasteiger partial charge in [-0.2, -0.15) is 0 Å². The number of aromatic nitrogens is 2. The van der Waals surface area contributed by atoms with Gasteiger partial charge < -0.3 is 20.9 Å². The summed E-state index contributed by atoms with van der Waals surface area (Å²) in [6, 6.07) is 3.77. The zero-order chi connectivity index (χ0) is 20.5. The Morgan fingerprint density at radius 3 is 2.66 bits per heavy atom. The lowest BCUT2D eigenvalue weighted by atomic mass is 10.0. The van der Waals surface area contributed by atoms with Gasteiger partial charge in [0.15, 0.2) is 5.84 Å². The van der Waals surface area contributed by atoms with E-state index in [1.165, 1.54) is 0 Å². The lowest BCUT2D eigenvalue weighted by Gasteiger charge is -2.33. The van der Waals surface area contributed by atoms with Crippen LogP contribution in [0.1, 0.15) is 18.1 Å². The van der Waals surface area contributed by atoms with Crippen LogP contribution in [0.15, 0.2) is 47.1 Å². The first-order valence-corrected chi connectivity index (χ1v) is 9.76. The van der Waals surface area contributed by atoms with Crippen LogP contribution in [-0.4, -0.2) is 59.6 Å². The molecule has 2 aromatic rings. The summed E-state index contributed by atoms with van der Waals surface area (Å²) in [7, 11) is 2.12. The number of pyridine rings is 2. The first kappa shape index (κ1) is 19.4. The van der Waals surface area contributed by atoms with Gasteiger partial charge in [-0.25, -0.2) is 9.98 Å². The minimum absolute atomic E-state index is 0.141. The molecule has 2 aromatic heterocycles. The lowest BCUT2D eigenvalue weighted by Crippen LogP contribution is -2.44. The standard InChI is InChI=1S/C20H23ClN8/c1-12(22)18-20(23)26-16-9-17(29-7-5-28(2)6-8-29)25-10-14(16)19(27-18)13-3-4-24-11-15(13)21/h3-4,9-11H,5-8,22H2,1-2H3,(H2,23,26)/b18-12+. The van der Waals surface area contributed by atoms with Crippen LogP contribution in [0.25, 0.3) is 0 Å². The van der Waals surface area contributed by atoms with E-state index in [4.69, 9.17) is 32.7 Å². The van der Waals surface area contributed by atoms with Gasteiger partial charge in [0.25, 0.3) is 0 Å². The molecule has 1 fully saturated rings. The van der Waals surface area contributed by atoms with Gasteiger partial charge in [-0.3, -0.25) is 10.4 Å². The number of nitrogens with zero attached hydrogens (tertiary/aromatic N) is 5. The van der Waals surface area contributed by atoms with Crippen molar-refractivity contribution in [2.45, 2.75) is 6.92 Å². The summed E-state index contributed by atoms with van der Waals surface area (Å²) in [6.07, 6.45) is 5.03. The Hall–Kier alpha value is -2.97. The number of anilines is 2. The fraction of sp³-hybridized carbons (Fsp3) is 0.300. The second kappa shape index (κ2) is 7.81. The molecule has 2 aliphatic rings. The first-order valence-electron chi connectivity index (χ1n) is 9.39. The predicted molar refractivity (Wildman–Crippen MR) is 117 cm³/mol. The highest BCUT2D eigenvalue weighted by atomic mass is 35.5. The van der Waals surface area contributed by atoms with Crippen molar-refractivity contribution in [3.63, 3.8) is 0 Å². The molecule has 0 bridgehead atoms. The van der Waals surface area contributed by atoms with Crippen molar-refractivity contribution in [3.05, 3.63) is 58.3 Å². The van der Waals surface area contributed by atoms with E-state index in [0.29, 0.717) is 27.7 Å². The number of nitrogens with two attached hydrogens (primary N) is 1. The molecule has 150 valence electrons. The molecule has 0 amide bonds. The molecule has 0 unspecified atom stereocenters. The van der Waals surface area contributed by atoms with Crippen LogP contribution in [0, 0.1) is 5.41 Å². The number of rotatable bonds is 2. The smallest absolute Gasteiger partial charge is 0.150 e. The van der Waals surface area contributed by atoms with Crippen molar-refractivity contribution in [1.29, 1.82) is 5.41 Å². The summed E-state index contributed by atoms with van der Waals surface area (Å²) in [4.78, 5) is 18.0. The van der Waals surface area contributed by atoms with Crippen molar-refractivity contribution >= 4 is 34.7 Å². The average Bonchev–Trinajstić information content (AvgIpc) is 2.84. The minimum Gasteiger partial charge on any atom is -0.400 e. The number of allylic oxidation sites excluding steroid dienone is 1. The SMILES string of the molecule is C/C(N)=C1\N=C(c2ccncc2Cl)c2cnc(N3CCN(C)CC3)cc2NC1=N. The Morgan fingerprint density at radius 2 is 1.97 bits per heavy atom. The Bertz CT molecular complexity index is 1020. The van der Waals surface area contributed by atoms with E-state index in [-0.39, 0.29) is 5.84 Å². The summed E-state index contributed by atoms with van der Waals surface area (Å²) in [5.74, 6) is 1.01. The van der Waals surface area contributed by atoms with Gasteiger partial charge in [-0.05, 0) is 20.0 Å². The molecular formula is C20H23ClN8. The molecule has 1 saturated heterocycles. The van der Waals surface area contributed by atoms with Crippen LogP contribution in [-0.2, 0) is 0 Å². The fourth-order valence-corrected chi connectivity index (χ4v) is 3.63. The summed E-state index contributed by atoms with van der Waals surface area (Å²) in [5.41, 5.74) is 9.69. The third-order valence-corrected chi connectivity index (χ3v) is 5.39. The van der Waals surface area contributed by atoms with Crippen molar-refractivity contribution in [3.8, 4) is 0 Å². The van der Waals surface area contributed by atoms with Crippen molar-refractivity contribution in [1.82, 2.24) is 14.9 Å². The lowest BCUT2D eigenvalue weighted by molar-refractivity contribution is 0.312. The number of halogens is 1. The molecule has 4 N–H and O–H groups in total. The maximum absolute atomic E-state index is 8.45. The third kappa shape index (κ3) is 3.81. The fourth-order valence-electron chi connectivity index (χ4n) is 3.42. The maximum atomic E-state index is 8.45. The van der Waals surface area contributed by atoms with Crippen LogP contribution < -0.4 is 16.0 Å². The number of likely N-dealkylation sites (N-methyl/N-ethyl adjacent to an activating group) is 1. The van der Waals surface area contributed by atoms with Crippen LogP contribution in [0.5, 0.6) is 0 Å². The highest BCUT2D eigenvalue weighted by Gasteiger charge is 2.24. The number of fused-ring (bicyclic) bond motifs is 1. The molecule has 4 heterocycles. The summed E-state index contributed by atoms with van der Waals surface area (Å²) >= 11 is 6.41. The molecule has 29 heavy (non-hydrogen) atoms. The van der Waals surface area contributed by atoms with Crippen molar-refractivity contribution < 1.29 is 0 Å². The second-order valence-corrected chi connectivity index (χ2v) is 7.63. The van der Waals surface area contributed by atoms with E-state index >= 15 is 0 Å². The molecule has 2 aliphatic heterocycles. The summed E-state index contributed by atoms with van der Waals surface area (Å²) < 4.78 is 0. The normalized spacial score (nSPS) is 19.2. The van der Waals surface area contributed by atoms with E-state index in [9.17, 15) is 0 Å². The van der Waals surface area contributed by atoms with Gasteiger partial charge >= 0.3 is 0 Å². The average molecular weight is 411 g/mol. The molecule has 4 rings (SSSR count). The number of amidine groups is 1. The van der Waals surface area contributed by atoms with E-state index in [1.807, 2.05) is 6.07 Å². The molecule has 0 radical (unpaired) electrons. The first-order chi connectivity index (χ1) is 13.9. The molecule has 0 saturated carbocycles. The molecular weight excluding hydrogens is 388 g/mol. The van der Waals surface area contributed by atoms with Crippen molar-refractivity contribution in [2.24, 2.45) is 10.7 Å². The van der Waals surface area contributed by atoms with Gasteiger partial charge in [-0.15, -0.1) is 0 Å². The van der Waals surface area contributed by atoms with Crippen LogP contribution >= 0.6 is 11.6 Å². The largest absolute Gasteiger partial charge is 0.400 e. The molecule has 0 atom stereocenters. The monoisotopic (exact) mass is 410 g/mol. The van der Waals surface area contributed by atoms with Crippen LogP contribution in [0.4, 0.5) is 11.5 Å². The van der Waals surface area contributed by atoms with E-state index in [2.05, 4.69) is 27.1 Å². The second-order valence-electron chi connectivity index (χ2n) is 7.23. The zero-order valence-electron chi connectivity index (χ0n) is 16.4. The van der Waals surface area contributed by atoms with Gasteiger partial charge in [0.2, 0.25) is 0 Å². The molecule has 0 aromatic carbocycles. The van der Waals surface area contributed by atoms with Crippen molar-refractivity contribution in [2.75, 3.05) is 43.4 Å². The van der Waals surface area contributed by atoms with Gasteiger partial charge in [0.05, 0.1) is 16.4 Å². The molecule has 0 spiro atoms. The quantitative estimate of drug-likeness (QED) is 0.701. The van der Waals surface area contributed by atoms with Gasteiger partial charge in [0, 0.05) is 67.7 Å². The highest BCUT2D eigenvalue weighted by molar-refractivity contribution is 6.36. The molecule has 0 aliphatic carbocycles. The predicted octanol–water partition coefficient (Wildman–Crippen LogP) is 2.31. The topological polar surface area (TPSA) is 107 Å². The summed E-state index contributed by atoms with van der Waals surface area (Å²) in [6.45, 7) is 5.51. The number of hydrogen-bond donors (Lipinski definition) is 3. The van der Waals surface area contributed by atoms with Crippen LogP contribution in [0.2, 0.25) is 5.02 Å². The number of aliphatic imine (C=N–C) groups is 1. The van der Waals surface area contributed by atoms with E-state index in [1.54, 1.807) is 31.6 Å². The Kier molecular flexibility index (Phi) is 5.21. The highest BCUT2D eigenvalue weighted by Crippen LogP contribution is 2.30. The third-order valence-electron chi connectivity index (χ3n) is 5.09. The maximum Gasteiger partial charge on any atom is 0.150 e. The Balaban J connectivity index is 1.83. The molecule has 8 nitrogen and oxygen atoms in total. The Morgan fingerprint density at radius 1 is 1.21 bits per heavy atom. The van der Waals surface area contributed by atoms with Gasteiger partial charge in [-0.1, -0.05) is 11.6 Å². The zero-order valence-corrected chi connectivity index (χ0v) is 17.2. The van der Waals surface area contributed by atoms with E-state index < -0.39 is 0 Å². The Labute approximate surface area is 174 Å². The van der Waals surface area contributed by atoms with Gasteiger partial charge in [0.1, 0.15) is 11.5 Å². The van der Waals surface area contributed by atoms with Crippen LogP contribution in [0.3, 0.4) is 0 Å². The molecule has 9 heteroatoms. The number of nitrogens with one attached hydrogen (secondary N) is 2.